The minimum absolute atomic E-state index is 0.170. The fraction of sp³-hybridized carbons (Fsp3) is 0.417. The molecule has 0 bridgehead atoms. The zero-order chi connectivity index (χ0) is 15.5. The molecule has 8 nitrogen and oxygen atoms in total. The van der Waals surface area contributed by atoms with Crippen molar-refractivity contribution < 1.29 is 9.53 Å². The summed E-state index contributed by atoms with van der Waals surface area (Å²) in [6.45, 7) is 5.57. The molecule has 1 amide bonds. The van der Waals surface area contributed by atoms with Gasteiger partial charge < -0.3 is 10.1 Å². The van der Waals surface area contributed by atoms with E-state index in [9.17, 15) is 4.79 Å². The zero-order valence-corrected chi connectivity index (χ0v) is 14.0. The molecule has 1 N–H and O–H groups in total. The van der Waals surface area contributed by atoms with Gasteiger partial charge in [0.1, 0.15) is 5.60 Å². The molecule has 21 heavy (non-hydrogen) atoms. The molecule has 0 aliphatic carbocycles. The van der Waals surface area contributed by atoms with Crippen LogP contribution in [0.15, 0.2) is 18.5 Å². The molecule has 9 heteroatoms. The molecule has 0 atom stereocenters. The molecule has 2 aromatic heterocycles. The summed E-state index contributed by atoms with van der Waals surface area (Å²) in [5, 5.41) is 6.84. The number of amides is 1. The van der Waals surface area contributed by atoms with E-state index in [1.54, 1.807) is 39.2 Å². The van der Waals surface area contributed by atoms with Crippen LogP contribution in [-0.4, -0.2) is 36.4 Å². The highest BCUT2D eigenvalue weighted by Crippen LogP contribution is 2.08. The largest absolute Gasteiger partial charge is 0.444 e. The maximum atomic E-state index is 11.7. The highest BCUT2D eigenvalue weighted by atomic mass is 127. The first-order valence-electron chi connectivity index (χ1n) is 6.21. The van der Waals surface area contributed by atoms with Gasteiger partial charge in [-0.2, -0.15) is 4.68 Å². The second-order valence-electron chi connectivity index (χ2n) is 5.11. The number of nitrogens with zero attached hydrogens (tertiary/aromatic N) is 5. The molecule has 2 rings (SSSR count). The summed E-state index contributed by atoms with van der Waals surface area (Å²) in [4.78, 5) is 24.1. The van der Waals surface area contributed by atoms with E-state index < -0.39 is 11.7 Å². The number of ether oxygens (including phenoxy) is 1. The summed E-state index contributed by atoms with van der Waals surface area (Å²) in [6, 6.07) is 1.71. The molecule has 0 unspecified atom stereocenters. The number of aromatic nitrogens is 5. The molecule has 0 radical (unpaired) electrons. The smallest absolute Gasteiger partial charge is 0.408 e. The number of rotatable bonds is 3. The Kier molecular flexibility index (Phi) is 4.70. The Morgan fingerprint density at radius 1 is 1.38 bits per heavy atom. The number of hydrogen-bond donors (Lipinski definition) is 1. The van der Waals surface area contributed by atoms with Gasteiger partial charge >= 0.3 is 6.09 Å². The first-order chi connectivity index (χ1) is 9.85. The standard InChI is InChI=1S/C12H15IN6O2/c1-12(2,3)21-11(20)16-7-8-17-9(13)18-19(8)10-14-5-4-6-15-10/h4-6H,7H2,1-3H3,(H,16,20). The maximum absolute atomic E-state index is 11.7. The lowest BCUT2D eigenvalue weighted by Crippen LogP contribution is -2.32. The molecule has 2 heterocycles. The Bertz CT molecular complexity index is 622. The molecular formula is C12H15IN6O2. The summed E-state index contributed by atoms with van der Waals surface area (Å²) < 4.78 is 7.20. The average Bonchev–Trinajstić information content (AvgIpc) is 2.77. The Labute approximate surface area is 135 Å². The van der Waals surface area contributed by atoms with Gasteiger partial charge in [0.25, 0.3) is 5.95 Å². The number of carbonyl (C=O) groups is 1. The molecule has 0 aliphatic rings. The molecule has 0 fully saturated rings. The molecular weight excluding hydrogens is 387 g/mol. The Hall–Kier alpha value is -1.78. The third-order valence-electron chi connectivity index (χ3n) is 2.18. The minimum Gasteiger partial charge on any atom is -0.444 e. The van der Waals surface area contributed by atoms with Crippen molar-refractivity contribution in [3.63, 3.8) is 0 Å². The Balaban J connectivity index is 2.09. The van der Waals surface area contributed by atoms with Crippen molar-refractivity contribution in [1.29, 1.82) is 0 Å². The monoisotopic (exact) mass is 402 g/mol. The number of hydrogen-bond acceptors (Lipinski definition) is 6. The molecule has 0 aliphatic heterocycles. The van der Waals surface area contributed by atoms with Crippen molar-refractivity contribution in [3.05, 3.63) is 28.1 Å². The number of nitrogens with one attached hydrogen (secondary N) is 1. The van der Waals surface area contributed by atoms with Crippen LogP contribution in [0.3, 0.4) is 0 Å². The highest BCUT2D eigenvalue weighted by molar-refractivity contribution is 14.1. The van der Waals surface area contributed by atoms with E-state index in [2.05, 4.69) is 25.4 Å². The van der Waals surface area contributed by atoms with Gasteiger partial charge in [0.2, 0.25) is 3.83 Å². The van der Waals surface area contributed by atoms with Crippen LogP contribution in [0.4, 0.5) is 4.79 Å². The maximum Gasteiger partial charge on any atom is 0.408 e. The fourth-order valence-electron chi connectivity index (χ4n) is 1.46. The lowest BCUT2D eigenvalue weighted by atomic mass is 10.2. The molecule has 0 saturated heterocycles. The van der Waals surface area contributed by atoms with Crippen LogP contribution in [0.2, 0.25) is 0 Å². The SMILES string of the molecule is CC(C)(C)OC(=O)NCc1nc(I)nn1-c1ncccn1. The molecule has 0 saturated carbocycles. The Morgan fingerprint density at radius 3 is 2.67 bits per heavy atom. The van der Waals surface area contributed by atoms with E-state index >= 15 is 0 Å². The summed E-state index contributed by atoms with van der Waals surface area (Å²) in [5.74, 6) is 0.922. The average molecular weight is 402 g/mol. The van der Waals surface area contributed by atoms with Crippen molar-refractivity contribution in [2.24, 2.45) is 0 Å². The number of alkyl carbamates (subject to hydrolysis) is 1. The van der Waals surface area contributed by atoms with E-state index in [1.807, 2.05) is 22.6 Å². The van der Waals surface area contributed by atoms with Crippen LogP contribution in [0, 0.1) is 3.83 Å². The van der Waals surface area contributed by atoms with Crippen molar-refractivity contribution in [2.75, 3.05) is 0 Å². The van der Waals surface area contributed by atoms with Crippen molar-refractivity contribution in [1.82, 2.24) is 30.0 Å². The van der Waals surface area contributed by atoms with Crippen molar-refractivity contribution >= 4 is 28.7 Å². The van der Waals surface area contributed by atoms with Gasteiger partial charge in [-0.3, -0.25) is 0 Å². The summed E-state index contributed by atoms with van der Waals surface area (Å²) in [7, 11) is 0. The summed E-state index contributed by atoms with van der Waals surface area (Å²) in [5.41, 5.74) is -0.547. The highest BCUT2D eigenvalue weighted by Gasteiger charge is 2.18. The molecule has 0 spiro atoms. The second kappa shape index (κ2) is 6.33. The minimum atomic E-state index is -0.547. The van der Waals surface area contributed by atoms with Gasteiger partial charge in [-0.05, 0) is 26.8 Å². The second-order valence-corrected chi connectivity index (χ2v) is 6.08. The quantitative estimate of drug-likeness (QED) is 0.786. The van der Waals surface area contributed by atoms with E-state index in [4.69, 9.17) is 4.74 Å². The van der Waals surface area contributed by atoms with Gasteiger partial charge in [-0.1, -0.05) is 0 Å². The van der Waals surface area contributed by atoms with E-state index in [0.29, 0.717) is 15.6 Å². The fourth-order valence-corrected chi connectivity index (χ4v) is 1.95. The third kappa shape index (κ3) is 4.62. The zero-order valence-electron chi connectivity index (χ0n) is 11.9. The van der Waals surface area contributed by atoms with Gasteiger partial charge in [0, 0.05) is 35.0 Å². The number of carbonyl (C=O) groups excluding carboxylic acids is 1. The molecule has 112 valence electrons. The van der Waals surface area contributed by atoms with Gasteiger partial charge in [-0.25, -0.2) is 19.7 Å². The van der Waals surface area contributed by atoms with Crippen LogP contribution in [-0.2, 0) is 11.3 Å². The third-order valence-corrected chi connectivity index (χ3v) is 2.64. The lowest BCUT2D eigenvalue weighted by molar-refractivity contribution is 0.0522. The first-order valence-corrected chi connectivity index (χ1v) is 7.29. The predicted molar refractivity (Wildman–Crippen MR) is 82.7 cm³/mol. The van der Waals surface area contributed by atoms with E-state index in [-0.39, 0.29) is 6.54 Å². The van der Waals surface area contributed by atoms with Gasteiger partial charge in [-0.15, -0.1) is 5.10 Å². The van der Waals surface area contributed by atoms with Crippen LogP contribution < -0.4 is 5.32 Å². The Morgan fingerprint density at radius 2 is 2.05 bits per heavy atom. The van der Waals surface area contributed by atoms with Gasteiger partial charge in [0.15, 0.2) is 5.82 Å². The first kappa shape index (κ1) is 15.6. The molecule has 0 aromatic carbocycles. The van der Waals surface area contributed by atoms with Crippen LogP contribution in [0.1, 0.15) is 26.6 Å². The lowest BCUT2D eigenvalue weighted by Gasteiger charge is -2.19. The number of halogens is 1. The van der Waals surface area contributed by atoms with Gasteiger partial charge in [0.05, 0.1) is 6.54 Å². The van der Waals surface area contributed by atoms with Crippen LogP contribution >= 0.6 is 22.6 Å². The van der Waals surface area contributed by atoms with E-state index in [0.717, 1.165) is 0 Å². The predicted octanol–water partition coefficient (Wildman–Crippen LogP) is 1.69. The van der Waals surface area contributed by atoms with E-state index in [1.165, 1.54) is 4.68 Å². The van der Waals surface area contributed by atoms with Crippen molar-refractivity contribution in [3.8, 4) is 5.95 Å². The summed E-state index contributed by atoms with van der Waals surface area (Å²) in [6.07, 6.45) is 2.71. The normalized spacial score (nSPS) is 11.2. The van der Waals surface area contributed by atoms with Crippen LogP contribution in [0.5, 0.6) is 0 Å². The molecule has 2 aromatic rings. The summed E-state index contributed by atoms with van der Waals surface area (Å²) >= 11 is 1.99. The topological polar surface area (TPSA) is 94.8 Å². The van der Waals surface area contributed by atoms with Crippen LogP contribution in [0.25, 0.3) is 5.95 Å². The van der Waals surface area contributed by atoms with Crippen molar-refractivity contribution in [2.45, 2.75) is 32.9 Å².